The first kappa shape index (κ1) is 20.4. The van der Waals surface area contributed by atoms with Gasteiger partial charge in [-0.15, -0.1) is 0 Å². The second-order valence-electron chi connectivity index (χ2n) is 7.36. The highest BCUT2D eigenvalue weighted by Gasteiger charge is 2.19. The lowest BCUT2D eigenvalue weighted by Gasteiger charge is -2.32. The van der Waals surface area contributed by atoms with E-state index in [-0.39, 0.29) is 5.91 Å². The number of nitrogens with zero attached hydrogens (tertiary/aromatic N) is 1. The Morgan fingerprint density at radius 1 is 1.25 bits per heavy atom. The summed E-state index contributed by atoms with van der Waals surface area (Å²) in [5.41, 5.74) is 2.05. The molecule has 28 heavy (non-hydrogen) atoms. The Hall–Kier alpha value is -2.31. The van der Waals surface area contributed by atoms with Crippen LogP contribution < -0.4 is 20.1 Å². The van der Waals surface area contributed by atoms with Crippen LogP contribution in [0.15, 0.2) is 42.6 Å². The molecule has 6 nitrogen and oxygen atoms in total. The van der Waals surface area contributed by atoms with Gasteiger partial charge in [0, 0.05) is 31.2 Å². The molecule has 0 radical (unpaired) electrons. The Morgan fingerprint density at radius 3 is 2.75 bits per heavy atom. The van der Waals surface area contributed by atoms with Crippen LogP contribution in [0.3, 0.4) is 0 Å². The van der Waals surface area contributed by atoms with Gasteiger partial charge in [0.15, 0.2) is 11.5 Å². The van der Waals surface area contributed by atoms with Gasteiger partial charge in [-0.3, -0.25) is 4.79 Å². The van der Waals surface area contributed by atoms with E-state index in [1.54, 1.807) is 12.2 Å². The maximum Gasteiger partial charge on any atom is 0.225 e. The number of nitrogens with one attached hydrogen (secondary N) is 2. The highest BCUT2D eigenvalue weighted by Crippen LogP contribution is 2.30. The van der Waals surface area contributed by atoms with Gasteiger partial charge in [0.05, 0.1) is 0 Å². The fraction of sp³-hybridized carbons (Fsp3) is 0.500. The zero-order valence-corrected chi connectivity index (χ0v) is 16.7. The molecule has 0 saturated carbocycles. The predicted molar refractivity (Wildman–Crippen MR) is 110 cm³/mol. The number of amides is 1. The third-order valence-corrected chi connectivity index (χ3v) is 5.15. The first-order valence-electron chi connectivity index (χ1n) is 10.1. The van der Waals surface area contributed by atoms with Crippen molar-refractivity contribution in [2.24, 2.45) is 0 Å². The van der Waals surface area contributed by atoms with Crippen molar-refractivity contribution in [1.29, 1.82) is 0 Å². The lowest BCUT2D eigenvalue weighted by atomic mass is 10.0. The molecule has 1 fully saturated rings. The summed E-state index contributed by atoms with van der Waals surface area (Å²) in [7, 11) is 0. The Labute approximate surface area is 167 Å². The lowest BCUT2D eigenvalue weighted by molar-refractivity contribution is -0.120. The van der Waals surface area contributed by atoms with Crippen LogP contribution in [0.5, 0.6) is 11.5 Å². The quantitative estimate of drug-likeness (QED) is 0.674. The molecule has 0 aromatic heterocycles. The molecule has 1 saturated heterocycles. The van der Waals surface area contributed by atoms with Crippen molar-refractivity contribution < 1.29 is 14.3 Å². The molecule has 1 amide bonds. The number of hydrogen-bond donors (Lipinski definition) is 2. The van der Waals surface area contributed by atoms with Crippen molar-refractivity contribution in [1.82, 2.24) is 15.5 Å². The van der Waals surface area contributed by atoms with Crippen LogP contribution in [0.2, 0.25) is 0 Å². The molecule has 6 heteroatoms. The lowest BCUT2D eigenvalue weighted by Crippen LogP contribution is -2.43. The van der Waals surface area contributed by atoms with E-state index >= 15 is 0 Å². The van der Waals surface area contributed by atoms with Crippen LogP contribution in [-0.2, 0) is 11.3 Å². The van der Waals surface area contributed by atoms with E-state index in [9.17, 15) is 4.79 Å². The molecule has 0 spiro atoms. The maximum atomic E-state index is 12.0. The van der Waals surface area contributed by atoms with Gasteiger partial charge in [0.2, 0.25) is 5.91 Å². The van der Waals surface area contributed by atoms with Gasteiger partial charge in [-0.25, -0.2) is 0 Å². The van der Waals surface area contributed by atoms with Crippen molar-refractivity contribution in [3.05, 3.63) is 48.2 Å². The van der Waals surface area contributed by atoms with Crippen LogP contribution in [0.1, 0.15) is 31.7 Å². The van der Waals surface area contributed by atoms with E-state index in [0.29, 0.717) is 25.7 Å². The molecular weight excluding hydrogens is 354 g/mol. The van der Waals surface area contributed by atoms with Crippen molar-refractivity contribution in [2.75, 3.05) is 32.8 Å². The smallest absolute Gasteiger partial charge is 0.225 e. The molecule has 1 aromatic rings. The Bertz CT molecular complexity index is 709. The average Bonchev–Trinajstić information content (AvgIpc) is 2.71. The molecule has 2 aliphatic rings. The number of hydrogen-bond acceptors (Lipinski definition) is 5. The molecule has 0 atom stereocenters. The number of allylic oxidation sites excluding steroid dienone is 3. The van der Waals surface area contributed by atoms with Gasteiger partial charge in [0.1, 0.15) is 13.2 Å². The molecule has 1 aromatic carbocycles. The van der Waals surface area contributed by atoms with Gasteiger partial charge >= 0.3 is 0 Å². The van der Waals surface area contributed by atoms with Crippen molar-refractivity contribution in [3.8, 4) is 11.5 Å². The fourth-order valence-corrected chi connectivity index (χ4v) is 3.58. The van der Waals surface area contributed by atoms with Crippen LogP contribution in [0, 0.1) is 0 Å². The third kappa shape index (κ3) is 6.11. The highest BCUT2D eigenvalue weighted by molar-refractivity contribution is 5.77. The number of likely N-dealkylation sites (tertiary alicyclic amines) is 1. The van der Waals surface area contributed by atoms with E-state index in [1.807, 2.05) is 13.0 Å². The number of carbonyl (C=O) groups excluding carboxylic acids is 1. The first-order chi connectivity index (χ1) is 13.6. The zero-order chi connectivity index (χ0) is 19.8. The summed E-state index contributed by atoms with van der Waals surface area (Å²) in [5.74, 6) is 1.74. The number of piperidine rings is 1. The normalized spacial score (nSPS) is 18.0. The van der Waals surface area contributed by atoms with E-state index in [0.717, 1.165) is 56.2 Å². The van der Waals surface area contributed by atoms with Gasteiger partial charge in [0.25, 0.3) is 0 Å². The molecule has 2 N–H and O–H groups in total. The first-order valence-corrected chi connectivity index (χ1v) is 10.1. The summed E-state index contributed by atoms with van der Waals surface area (Å²) in [6.07, 6.45) is 6.20. The Kier molecular flexibility index (Phi) is 7.51. The average molecular weight is 386 g/mol. The van der Waals surface area contributed by atoms with Crippen LogP contribution in [-0.4, -0.2) is 49.7 Å². The third-order valence-electron chi connectivity index (χ3n) is 5.15. The number of carbonyl (C=O) groups is 1. The Morgan fingerprint density at radius 2 is 2.00 bits per heavy atom. The van der Waals surface area contributed by atoms with Gasteiger partial charge in [-0.2, -0.15) is 0 Å². The highest BCUT2D eigenvalue weighted by atomic mass is 16.6. The second-order valence-corrected chi connectivity index (χ2v) is 7.36. The molecule has 2 aliphatic heterocycles. The molecule has 0 unspecified atom stereocenters. The zero-order valence-electron chi connectivity index (χ0n) is 16.7. The van der Waals surface area contributed by atoms with Crippen molar-refractivity contribution >= 4 is 5.91 Å². The van der Waals surface area contributed by atoms with Crippen LogP contribution >= 0.6 is 0 Å². The summed E-state index contributed by atoms with van der Waals surface area (Å²) < 4.78 is 11.2. The molecule has 3 rings (SSSR count). The SMILES string of the molecule is C=C/C=C(\C)NC(=O)CCN1CCC(NCc2ccc3c(c2)OCCO3)CC1. The standard InChI is InChI=1S/C22H31N3O3/c1-3-4-17(2)24-22(26)9-12-25-10-7-19(8-11-25)23-16-18-5-6-20-21(15-18)28-14-13-27-20/h3-6,15,19,23H,1,7-14,16H2,2H3,(H,24,26)/b17-4+. The van der Waals surface area contributed by atoms with Gasteiger partial charge in [-0.05, 0) is 56.6 Å². The largest absolute Gasteiger partial charge is 0.486 e. The molecule has 0 bridgehead atoms. The summed E-state index contributed by atoms with van der Waals surface area (Å²) in [6.45, 7) is 10.4. The van der Waals surface area contributed by atoms with Crippen molar-refractivity contribution in [2.45, 2.75) is 38.8 Å². The minimum absolute atomic E-state index is 0.0643. The van der Waals surface area contributed by atoms with Gasteiger partial charge in [-0.1, -0.05) is 18.7 Å². The minimum Gasteiger partial charge on any atom is -0.486 e. The molecule has 2 heterocycles. The molecule has 152 valence electrons. The summed E-state index contributed by atoms with van der Waals surface area (Å²) in [4.78, 5) is 14.3. The van der Waals surface area contributed by atoms with E-state index in [2.05, 4.69) is 34.2 Å². The van der Waals surface area contributed by atoms with Crippen LogP contribution in [0.25, 0.3) is 0 Å². The predicted octanol–water partition coefficient (Wildman–Crippen LogP) is 2.61. The number of ether oxygens (including phenoxy) is 2. The van der Waals surface area contributed by atoms with E-state index < -0.39 is 0 Å². The van der Waals surface area contributed by atoms with Crippen LogP contribution in [0.4, 0.5) is 0 Å². The topological polar surface area (TPSA) is 62.8 Å². The fourth-order valence-electron chi connectivity index (χ4n) is 3.58. The van der Waals surface area contributed by atoms with Crippen molar-refractivity contribution in [3.63, 3.8) is 0 Å². The van der Waals surface area contributed by atoms with Gasteiger partial charge < -0.3 is 25.0 Å². The summed E-state index contributed by atoms with van der Waals surface area (Å²) in [6, 6.07) is 6.66. The Balaban J connectivity index is 1.35. The summed E-state index contributed by atoms with van der Waals surface area (Å²) >= 11 is 0. The molecule has 0 aliphatic carbocycles. The van der Waals surface area contributed by atoms with E-state index in [4.69, 9.17) is 9.47 Å². The maximum absolute atomic E-state index is 12.0. The second kappa shape index (κ2) is 10.3. The summed E-state index contributed by atoms with van der Waals surface area (Å²) in [5, 5.41) is 6.53. The number of benzene rings is 1. The monoisotopic (exact) mass is 385 g/mol. The van der Waals surface area contributed by atoms with E-state index in [1.165, 1.54) is 5.56 Å². The number of rotatable bonds is 8. The molecular formula is C22H31N3O3. The number of fused-ring (bicyclic) bond motifs is 1. The minimum atomic E-state index is 0.0643.